The van der Waals surface area contributed by atoms with Gasteiger partial charge in [0.15, 0.2) is 5.58 Å². The normalized spacial score (nSPS) is 12.0. The molecule has 4 rings (SSSR count). The third-order valence-corrected chi connectivity index (χ3v) is 4.94. The molecular formula is C24H21N3O4. The molecule has 0 spiro atoms. The van der Waals surface area contributed by atoms with Gasteiger partial charge in [-0.3, -0.25) is 15.1 Å². The molecule has 1 aromatic heterocycles. The van der Waals surface area contributed by atoms with Gasteiger partial charge in [-0.1, -0.05) is 32.9 Å². The summed E-state index contributed by atoms with van der Waals surface area (Å²) in [5.74, 6) is 0.434. The number of phenolic OH excluding ortho intramolecular Hbond substituents is 1. The summed E-state index contributed by atoms with van der Waals surface area (Å²) in [6.45, 7) is 6.49. The lowest BCUT2D eigenvalue weighted by Gasteiger charge is -2.18. The third kappa shape index (κ3) is 4.30. The number of aromatic nitrogens is 1. The molecule has 0 bridgehead atoms. The maximum Gasteiger partial charge on any atom is 0.270 e. The molecule has 4 aromatic rings. The second-order valence-electron chi connectivity index (χ2n) is 8.26. The average Bonchev–Trinajstić information content (AvgIpc) is 3.16. The smallest absolute Gasteiger partial charge is 0.270 e. The van der Waals surface area contributed by atoms with E-state index in [0.717, 1.165) is 5.56 Å². The number of hydrogen-bond acceptors (Lipinski definition) is 6. The van der Waals surface area contributed by atoms with E-state index in [2.05, 4.69) is 42.9 Å². The molecule has 1 heterocycles. The lowest BCUT2D eigenvalue weighted by Crippen LogP contribution is -2.10. The molecule has 1 N–H and O–H groups in total. The van der Waals surface area contributed by atoms with Crippen LogP contribution in [0, 0.1) is 10.1 Å². The quantitative estimate of drug-likeness (QED) is 0.244. The van der Waals surface area contributed by atoms with E-state index < -0.39 is 4.92 Å². The van der Waals surface area contributed by atoms with Crippen molar-refractivity contribution >= 4 is 28.7 Å². The summed E-state index contributed by atoms with van der Waals surface area (Å²) in [7, 11) is 0. The molecule has 156 valence electrons. The van der Waals surface area contributed by atoms with Crippen LogP contribution in [0.3, 0.4) is 0 Å². The van der Waals surface area contributed by atoms with Crippen molar-refractivity contribution in [2.45, 2.75) is 26.2 Å². The average molecular weight is 415 g/mol. The molecule has 0 saturated carbocycles. The predicted molar refractivity (Wildman–Crippen MR) is 120 cm³/mol. The van der Waals surface area contributed by atoms with Crippen LogP contribution in [0.1, 0.15) is 31.9 Å². The molecule has 7 nitrogen and oxygen atoms in total. The molecule has 3 aromatic carbocycles. The molecule has 7 heteroatoms. The molecule has 0 saturated heterocycles. The molecule has 0 aliphatic rings. The highest BCUT2D eigenvalue weighted by molar-refractivity contribution is 5.87. The van der Waals surface area contributed by atoms with E-state index in [9.17, 15) is 15.2 Å². The highest BCUT2D eigenvalue weighted by atomic mass is 16.6. The number of aliphatic imine (C=N–C) groups is 1. The van der Waals surface area contributed by atoms with Crippen LogP contribution in [-0.2, 0) is 5.41 Å². The van der Waals surface area contributed by atoms with E-state index in [1.54, 1.807) is 18.2 Å². The van der Waals surface area contributed by atoms with Crippen LogP contribution in [0.2, 0.25) is 0 Å². The summed E-state index contributed by atoms with van der Waals surface area (Å²) in [6, 6.07) is 17.2. The van der Waals surface area contributed by atoms with Gasteiger partial charge in [0.25, 0.3) is 5.69 Å². The second-order valence-corrected chi connectivity index (χ2v) is 8.26. The Balaban J connectivity index is 1.62. The number of nitro groups is 1. The summed E-state index contributed by atoms with van der Waals surface area (Å²) >= 11 is 0. The Hall–Kier alpha value is -4.00. The molecule has 0 unspecified atom stereocenters. The van der Waals surface area contributed by atoms with E-state index in [4.69, 9.17) is 4.42 Å². The van der Waals surface area contributed by atoms with Gasteiger partial charge in [0, 0.05) is 35.5 Å². The Morgan fingerprint density at radius 1 is 1.06 bits per heavy atom. The number of oxazole rings is 1. The lowest BCUT2D eigenvalue weighted by molar-refractivity contribution is -0.384. The van der Waals surface area contributed by atoms with Gasteiger partial charge in [-0.25, -0.2) is 4.98 Å². The van der Waals surface area contributed by atoms with Gasteiger partial charge in [0.1, 0.15) is 11.3 Å². The van der Waals surface area contributed by atoms with Crippen molar-refractivity contribution in [2.24, 2.45) is 4.99 Å². The molecule has 31 heavy (non-hydrogen) atoms. The van der Waals surface area contributed by atoms with Crippen LogP contribution >= 0.6 is 0 Å². The number of non-ortho nitro benzene ring substituents is 1. The fourth-order valence-corrected chi connectivity index (χ4v) is 3.13. The number of fused-ring (bicyclic) bond motifs is 1. The van der Waals surface area contributed by atoms with Crippen LogP contribution in [0.15, 0.2) is 70.1 Å². The minimum absolute atomic E-state index is 0.0698. The largest absolute Gasteiger partial charge is 0.507 e. The van der Waals surface area contributed by atoms with Crippen LogP contribution in [0.25, 0.3) is 22.6 Å². The van der Waals surface area contributed by atoms with Crippen LogP contribution in [0.4, 0.5) is 11.4 Å². The van der Waals surface area contributed by atoms with Crippen molar-refractivity contribution in [1.82, 2.24) is 4.98 Å². The Bertz CT molecular complexity index is 1300. The maximum absolute atomic E-state index is 10.9. The van der Waals surface area contributed by atoms with E-state index in [-0.39, 0.29) is 22.4 Å². The summed E-state index contributed by atoms with van der Waals surface area (Å²) in [4.78, 5) is 19.3. The summed E-state index contributed by atoms with van der Waals surface area (Å²) in [5.41, 5.74) is 4.17. The fraction of sp³-hybridized carbons (Fsp3) is 0.167. The summed E-state index contributed by atoms with van der Waals surface area (Å²) in [6.07, 6.45) is 1.38. The Kier molecular flexibility index (Phi) is 5.02. The highest BCUT2D eigenvalue weighted by Crippen LogP contribution is 2.30. The summed E-state index contributed by atoms with van der Waals surface area (Å²) in [5, 5.41) is 20.9. The maximum atomic E-state index is 10.9. The van der Waals surface area contributed by atoms with Crippen LogP contribution in [0.5, 0.6) is 5.75 Å². The summed E-state index contributed by atoms with van der Waals surface area (Å²) < 4.78 is 5.92. The highest BCUT2D eigenvalue weighted by Gasteiger charge is 2.15. The third-order valence-electron chi connectivity index (χ3n) is 4.94. The minimum atomic E-state index is -0.521. The van der Waals surface area contributed by atoms with Crippen LogP contribution in [-0.4, -0.2) is 21.2 Å². The molecular weight excluding hydrogens is 394 g/mol. The van der Waals surface area contributed by atoms with Crippen molar-refractivity contribution in [3.8, 4) is 17.2 Å². The van der Waals surface area contributed by atoms with Crippen molar-refractivity contribution in [1.29, 1.82) is 0 Å². The van der Waals surface area contributed by atoms with Crippen molar-refractivity contribution in [3.63, 3.8) is 0 Å². The zero-order chi connectivity index (χ0) is 22.2. The first-order chi connectivity index (χ1) is 14.7. The molecule has 0 fully saturated rings. The number of benzene rings is 3. The second kappa shape index (κ2) is 7.68. The van der Waals surface area contributed by atoms with Gasteiger partial charge < -0.3 is 9.52 Å². The van der Waals surface area contributed by atoms with Gasteiger partial charge >= 0.3 is 0 Å². The Morgan fingerprint density at radius 3 is 2.48 bits per heavy atom. The number of hydrogen-bond donors (Lipinski definition) is 1. The zero-order valence-corrected chi connectivity index (χ0v) is 17.4. The van der Waals surface area contributed by atoms with Crippen molar-refractivity contribution in [2.75, 3.05) is 0 Å². The van der Waals surface area contributed by atoms with E-state index in [1.165, 1.54) is 30.0 Å². The van der Waals surface area contributed by atoms with Gasteiger partial charge in [-0.05, 0) is 41.3 Å². The molecule has 0 aliphatic heterocycles. The van der Waals surface area contributed by atoms with E-state index in [0.29, 0.717) is 22.7 Å². The van der Waals surface area contributed by atoms with Gasteiger partial charge in [0.2, 0.25) is 5.89 Å². The van der Waals surface area contributed by atoms with Crippen LogP contribution < -0.4 is 0 Å². The SMILES string of the molecule is CC(C)(C)c1ccc(-c2nc3ccc(N=Cc4cc([N+](=O)[O-])ccc4O)cc3o2)cc1. The molecule has 0 atom stereocenters. The molecule has 0 aliphatic carbocycles. The number of rotatable bonds is 4. The number of phenols is 1. The van der Waals surface area contributed by atoms with Gasteiger partial charge in [-0.2, -0.15) is 0 Å². The lowest BCUT2D eigenvalue weighted by atomic mass is 9.87. The van der Waals surface area contributed by atoms with Crippen molar-refractivity contribution in [3.05, 3.63) is 81.9 Å². The van der Waals surface area contributed by atoms with Crippen molar-refractivity contribution < 1.29 is 14.4 Å². The first-order valence-electron chi connectivity index (χ1n) is 9.74. The molecule has 0 amide bonds. The number of aromatic hydroxyl groups is 1. The fourth-order valence-electron chi connectivity index (χ4n) is 3.13. The number of nitro benzene ring substituents is 1. The Morgan fingerprint density at radius 2 is 1.81 bits per heavy atom. The topological polar surface area (TPSA) is 102 Å². The monoisotopic (exact) mass is 415 g/mol. The van der Waals surface area contributed by atoms with Gasteiger partial charge in [0.05, 0.1) is 10.6 Å². The Labute approximate surface area is 178 Å². The minimum Gasteiger partial charge on any atom is -0.507 e. The van der Waals surface area contributed by atoms with E-state index >= 15 is 0 Å². The van der Waals surface area contributed by atoms with E-state index in [1.807, 2.05) is 12.1 Å². The van der Waals surface area contributed by atoms with Gasteiger partial charge in [-0.15, -0.1) is 0 Å². The first-order valence-corrected chi connectivity index (χ1v) is 9.74. The predicted octanol–water partition coefficient (Wildman–Crippen LogP) is 6.16. The zero-order valence-electron chi connectivity index (χ0n) is 17.4. The first kappa shape index (κ1) is 20.3. The standard InChI is InChI=1S/C24H21N3O4/c1-24(2,3)17-6-4-15(5-7-17)23-26-20-10-8-18(13-22(20)31-23)25-14-16-12-19(27(29)30)9-11-21(16)28/h4-14,28H,1-3H3. The molecule has 0 radical (unpaired) electrons. The number of nitrogens with zero attached hydrogens (tertiary/aromatic N) is 3.